The largest absolute Gasteiger partial charge is 0.385 e. The second-order valence-electron chi connectivity index (χ2n) is 11.6. The molecule has 1 aromatic rings. The number of ether oxygens (including phenoxy) is 1. The van der Waals surface area contributed by atoms with Gasteiger partial charge in [0.2, 0.25) is 5.91 Å². The number of hydrogen-bond acceptors (Lipinski definition) is 4. The molecule has 0 unspecified atom stereocenters. The Hall–Kier alpha value is -2.45. The minimum Gasteiger partial charge on any atom is -0.385 e. The Labute approximate surface area is 210 Å². The van der Waals surface area contributed by atoms with Gasteiger partial charge >= 0.3 is 6.03 Å². The average molecular weight is 497 g/mol. The minimum atomic E-state index is -1.68. The van der Waals surface area contributed by atoms with Crippen molar-refractivity contribution in [2.24, 2.45) is 4.99 Å². The van der Waals surface area contributed by atoms with E-state index < -0.39 is 13.6 Å². The first-order valence-corrected chi connectivity index (χ1v) is 16.2. The van der Waals surface area contributed by atoms with Crippen LogP contribution in [0.2, 0.25) is 24.7 Å². The number of carbonyl (C=O) groups excluding carboxylic acids is 2. The Morgan fingerprint density at radius 3 is 2.43 bits per heavy atom. The van der Waals surface area contributed by atoms with Crippen LogP contribution in [0.5, 0.6) is 0 Å². The molecule has 190 valence electrons. The molecule has 4 rings (SSSR count). The van der Waals surface area contributed by atoms with E-state index in [1.807, 2.05) is 35.2 Å². The van der Waals surface area contributed by atoms with E-state index in [9.17, 15) is 9.59 Å². The van der Waals surface area contributed by atoms with Gasteiger partial charge in [-0.15, -0.1) is 0 Å². The van der Waals surface area contributed by atoms with Gasteiger partial charge < -0.3 is 20.3 Å². The maximum absolute atomic E-state index is 13.5. The lowest BCUT2D eigenvalue weighted by Crippen LogP contribution is -2.55. The van der Waals surface area contributed by atoms with Gasteiger partial charge in [0.25, 0.3) is 0 Å². The number of nitrogens with one attached hydrogen (secondary N) is 2. The van der Waals surface area contributed by atoms with Gasteiger partial charge in [-0.3, -0.25) is 9.79 Å². The lowest BCUT2D eigenvalue weighted by Gasteiger charge is -2.49. The highest BCUT2D eigenvalue weighted by molar-refractivity contribution is 6.82. The summed E-state index contributed by atoms with van der Waals surface area (Å²) in [5.41, 5.74) is 2.69. The quantitative estimate of drug-likeness (QED) is 0.539. The predicted octanol–water partition coefficient (Wildman–Crippen LogP) is 4.66. The Morgan fingerprint density at radius 2 is 1.86 bits per heavy atom. The number of amides is 3. The van der Waals surface area contributed by atoms with Crippen LogP contribution >= 0.6 is 0 Å². The summed E-state index contributed by atoms with van der Waals surface area (Å²) in [5.74, 6) is 0.789. The second kappa shape index (κ2) is 9.54. The molecule has 0 bridgehead atoms. The van der Waals surface area contributed by atoms with Crippen LogP contribution in [0.25, 0.3) is 0 Å². The predicted molar refractivity (Wildman–Crippen MR) is 142 cm³/mol. The van der Waals surface area contributed by atoms with E-state index in [0.717, 1.165) is 36.0 Å². The van der Waals surface area contributed by atoms with E-state index in [0.29, 0.717) is 32.0 Å². The van der Waals surface area contributed by atoms with E-state index in [1.54, 1.807) is 7.11 Å². The molecular formula is C27H40N4O3Si. The fraction of sp³-hybridized carbons (Fsp3) is 0.593. The molecule has 0 aromatic heterocycles. The molecule has 1 atom stereocenters. The van der Waals surface area contributed by atoms with Crippen LogP contribution in [-0.4, -0.2) is 63.1 Å². The van der Waals surface area contributed by atoms with Crippen molar-refractivity contribution in [2.75, 3.05) is 26.8 Å². The number of nitrogens with zero attached hydrogens (tertiary/aromatic N) is 2. The number of hydrogen-bond donors (Lipinski definition) is 2. The molecular weight excluding hydrogens is 456 g/mol. The molecule has 2 heterocycles. The number of aliphatic imine (C=N–C) groups is 1. The summed E-state index contributed by atoms with van der Waals surface area (Å²) in [5, 5.41) is 6.22. The zero-order valence-electron chi connectivity index (χ0n) is 22.0. The van der Waals surface area contributed by atoms with Gasteiger partial charge in [0.15, 0.2) is 0 Å². The standard InChI is InChI=1S/C27H40N4O3Si/c1-26(2)21-17-28-23(30-24(32)27(14-10-15-27)35(4,5)6)20(21)18-31(26)25(33)29-22(13-16-34-3)19-11-8-7-9-12-19/h7-9,11-12,22H,10,13-18H2,1-6H3,(H,29,33)(H,28,30,32)/t22-/m1/s1. The monoisotopic (exact) mass is 496 g/mol. The molecule has 3 aliphatic rings. The first-order valence-electron chi connectivity index (χ1n) is 12.7. The topological polar surface area (TPSA) is 83.0 Å². The van der Waals surface area contributed by atoms with E-state index >= 15 is 0 Å². The van der Waals surface area contributed by atoms with Gasteiger partial charge in [0.05, 0.1) is 32.7 Å². The summed E-state index contributed by atoms with van der Waals surface area (Å²) < 4.78 is 5.29. The third-order valence-corrected chi connectivity index (χ3v) is 12.0. The van der Waals surface area contributed by atoms with Crippen molar-refractivity contribution >= 4 is 25.8 Å². The van der Waals surface area contributed by atoms with Crippen LogP contribution in [0.3, 0.4) is 0 Å². The molecule has 1 aromatic carbocycles. The van der Waals surface area contributed by atoms with E-state index in [1.165, 1.54) is 0 Å². The zero-order valence-corrected chi connectivity index (χ0v) is 23.0. The van der Waals surface area contributed by atoms with Crippen LogP contribution < -0.4 is 10.6 Å². The number of methoxy groups -OCH3 is 1. The zero-order chi connectivity index (χ0) is 25.4. The summed E-state index contributed by atoms with van der Waals surface area (Å²) in [6.07, 6.45) is 3.74. The lowest BCUT2D eigenvalue weighted by molar-refractivity contribution is -0.125. The molecule has 0 radical (unpaired) electrons. The summed E-state index contributed by atoms with van der Waals surface area (Å²) in [7, 11) is -0.00853. The summed E-state index contributed by atoms with van der Waals surface area (Å²) in [6, 6.07) is 9.75. The van der Waals surface area contributed by atoms with Crippen LogP contribution in [-0.2, 0) is 9.53 Å². The third-order valence-electron chi connectivity index (χ3n) is 8.44. The van der Waals surface area contributed by atoms with Crippen molar-refractivity contribution in [2.45, 2.75) is 75.8 Å². The van der Waals surface area contributed by atoms with Gasteiger partial charge in [-0.05, 0) is 44.2 Å². The molecule has 1 fully saturated rings. The normalized spacial score (nSPS) is 21.2. The number of urea groups is 1. The Bertz CT molecular complexity index is 1040. The van der Waals surface area contributed by atoms with Gasteiger partial charge in [-0.25, -0.2) is 4.79 Å². The lowest BCUT2D eigenvalue weighted by atomic mass is 9.83. The van der Waals surface area contributed by atoms with E-state index in [-0.39, 0.29) is 23.0 Å². The maximum atomic E-state index is 13.5. The summed E-state index contributed by atoms with van der Waals surface area (Å²) in [4.78, 5) is 33.6. The summed E-state index contributed by atoms with van der Waals surface area (Å²) in [6.45, 7) is 12.5. The van der Waals surface area contributed by atoms with E-state index in [4.69, 9.17) is 9.73 Å². The van der Waals surface area contributed by atoms with Crippen molar-refractivity contribution in [1.82, 2.24) is 15.5 Å². The Kier molecular flexibility index (Phi) is 6.99. The Balaban J connectivity index is 1.48. The number of carbonyl (C=O) groups is 2. The molecule has 0 spiro atoms. The number of benzene rings is 1. The van der Waals surface area contributed by atoms with Crippen molar-refractivity contribution < 1.29 is 14.3 Å². The highest BCUT2D eigenvalue weighted by Crippen LogP contribution is 2.55. The van der Waals surface area contributed by atoms with Crippen LogP contribution in [0.4, 0.5) is 4.79 Å². The third kappa shape index (κ3) is 4.58. The van der Waals surface area contributed by atoms with Gasteiger partial charge in [0.1, 0.15) is 5.84 Å². The molecule has 8 heteroatoms. The molecule has 2 aliphatic heterocycles. The fourth-order valence-corrected chi connectivity index (χ4v) is 8.33. The van der Waals surface area contributed by atoms with Crippen molar-refractivity contribution in [1.29, 1.82) is 0 Å². The first-order chi connectivity index (χ1) is 16.5. The maximum Gasteiger partial charge on any atom is 0.318 e. The van der Waals surface area contributed by atoms with Crippen molar-refractivity contribution in [3.05, 3.63) is 47.0 Å². The van der Waals surface area contributed by atoms with E-state index in [2.05, 4.69) is 44.1 Å². The number of amidine groups is 1. The highest BCUT2D eigenvalue weighted by atomic mass is 28.3. The van der Waals surface area contributed by atoms with Crippen LogP contribution in [0.15, 0.2) is 46.5 Å². The summed E-state index contributed by atoms with van der Waals surface area (Å²) >= 11 is 0. The first kappa shape index (κ1) is 25.6. The van der Waals surface area contributed by atoms with Crippen LogP contribution in [0.1, 0.15) is 51.1 Å². The van der Waals surface area contributed by atoms with Gasteiger partial charge in [-0.2, -0.15) is 0 Å². The molecule has 35 heavy (non-hydrogen) atoms. The molecule has 1 saturated carbocycles. The van der Waals surface area contributed by atoms with Crippen molar-refractivity contribution in [3.8, 4) is 0 Å². The Morgan fingerprint density at radius 1 is 1.17 bits per heavy atom. The van der Waals surface area contributed by atoms with Gasteiger partial charge in [-0.1, -0.05) is 56.4 Å². The fourth-order valence-electron chi connectivity index (χ4n) is 5.73. The number of rotatable bonds is 7. The second-order valence-corrected chi connectivity index (χ2v) is 17.1. The minimum absolute atomic E-state index is 0.113. The average Bonchev–Trinajstić information content (AvgIpc) is 3.27. The molecule has 1 aliphatic carbocycles. The molecule has 0 saturated heterocycles. The smallest absolute Gasteiger partial charge is 0.318 e. The highest BCUT2D eigenvalue weighted by Gasteiger charge is 2.54. The molecule has 3 amide bonds. The van der Waals surface area contributed by atoms with Crippen molar-refractivity contribution in [3.63, 3.8) is 0 Å². The van der Waals surface area contributed by atoms with Crippen LogP contribution in [0, 0.1) is 0 Å². The molecule has 7 nitrogen and oxygen atoms in total. The van der Waals surface area contributed by atoms with Gasteiger partial charge in [0, 0.05) is 24.3 Å². The molecule has 2 N–H and O–H groups in total. The SMILES string of the molecule is COCC[C@@H](NC(=O)N1CC2=C(CN=C2NC(=O)C2([Si](C)(C)C)CCC2)C1(C)C)c1ccccc1.